The van der Waals surface area contributed by atoms with Crippen LogP contribution in [0.15, 0.2) is 24.3 Å². The van der Waals surface area contributed by atoms with E-state index in [1.165, 1.54) is 12.1 Å². The number of rotatable bonds is 5. The number of hydrogen-bond acceptors (Lipinski definition) is 4. The molecule has 2 aliphatic rings. The SMILES string of the molecule is O=C(CC1CSCCN1)NC1CCN(Cc2ccc(C(F)(F)F)cc2)C1. The highest BCUT2D eigenvalue weighted by molar-refractivity contribution is 7.99. The predicted octanol–water partition coefficient (Wildman–Crippen LogP) is 2.49. The molecule has 1 amide bonds. The molecule has 1 aromatic rings. The van der Waals surface area contributed by atoms with Gasteiger partial charge in [0.2, 0.25) is 5.91 Å². The van der Waals surface area contributed by atoms with Gasteiger partial charge < -0.3 is 10.6 Å². The van der Waals surface area contributed by atoms with Crippen molar-refractivity contribution in [2.75, 3.05) is 31.1 Å². The van der Waals surface area contributed by atoms with Crippen molar-refractivity contribution < 1.29 is 18.0 Å². The number of amides is 1. The average molecular weight is 387 g/mol. The van der Waals surface area contributed by atoms with Crippen LogP contribution in [0.1, 0.15) is 24.0 Å². The Labute approximate surface area is 155 Å². The lowest BCUT2D eigenvalue weighted by molar-refractivity contribution is -0.137. The monoisotopic (exact) mass is 387 g/mol. The smallest absolute Gasteiger partial charge is 0.352 e. The fraction of sp³-hybridized carbons (Fsp3) is 0.611. The molecule has 4 nitrogen and oxygen atoms in total. The van der Waals surface area contributed by atoms with Crippen LogP contribution >= 0.6 is 11.8 Å². The van der Waals surface area contributed by atoms with Gasteiger partial charge >= 0.3 is 6.18 Å². The van der Waals surface area contributed by atoms with Crippen LogP contribution in [0, 0.1) is 0 Å². The third kappa shape index (κ3) is 5.62. The van der Waals surface area contributed by atoms with E-state index in [2.05, 4.69) is 15.5 Å². The Morgan fingerprint density at radius 1 is 1.31 bits per heavy atom. The number of carbonyl (C=O) groups excluding carboxylic acids is 1. The Balaban J connectivity index is 1.42. The highest BCUT2D eigenvalue weighted by Crippen LogP contribution is 2.29. The number of nitrogens with zero attached hydrogens (tertiary/aromatic N) is 1. The second-order valence-corrected chi connectivity index (χ2v) is 8.06. The summed E-state index contributed by atoms with van der Waals surface area (Å²) >= 11 is 1.87. The zero-order valence-corrected chi connectivity index (χ0v) is 15.3. The summed E-state index contributed by atoms with van der Waals surface area (Å²) in [5.41, 5.74) is 0.232. The lowest BCUT2D eigenvalue weighted by Crippen LogP contribution is -2.44. The lowest BCUT2D eigenvalue weighted by atomic mass is 10.1. The molecule has 1 aromatic carbocycles. The van der Waals surface area contributed by atoms with Gasteiger partial charge in [-0.25, -0.2) is 0 Å². The lowest BCUT2D eigenvalue weighted by Gasteiger charge is -2.23. The van der Waals surface area contributed by atoms with Crippen LogP contribution < -0.4 is 10.6 Å². The minimum atomic E-state index is -4.30. The predicted molar refractivity (Wildman–Crippen MR) is 97.0 cm³/mol. The highest BCUT2D eigenvalue weighted by atomic mass is 32.2. The third-order valence-electron chi connectivity index (χ3n) is 4.76. The molecular formula is C18H24F3N3OS. The summed E-state index contributed by atoms with van der Waals surface area (Å²) in [6, 6.07) is 5.67. The van der Waals surface area contributed by atoms with Gasteiger partial charge in [-0.3, -0.25) is 9.69 Å². The van der Waals surface area contributed by atoms with Gasteiger partial charge in [-0.2, -0.15) is 24.9 Å². The first-order chi connectivity index (χ1) is 12.4. The molecule has 0 aliphatic carbocycles. The molecule has 0 saturated carbocycles. The normalized spacial score (nSPS) is 24.6. The molecule has 2 heterocycles. The molecule has 2 fully saturated rings. The Hall–Kier alpha value is -1.25. The topological polar surface area (TPSA) is 44.4 Å². The summed E-state index contributed by atoms with van der Waals surface area (Å²) in [5.74, 6) is 2.14. The molecule has 0 bridgehead atoms. The highest BCUT2D eigenvalue weighted by Gasteiger charge is 2.30. The number of benzene rings is 1. The van der Waals surface area contributed by atoms with E-state index < -0.39 is 11.7 Å². The van der Waals surface area contributed by atoms with Crippen molar-refractivity contribution in [2.24, 2.45) is 0 Å². The number of thioether (sulfide) groups is 1. The van der Waals surface area contributed by atoms with Crippen molar-refractivity contribution in [3.8, 4) is 0 Å². The largest absolute Gasteiger partial charge is 0.416 e. The Bertz CT molecular complexity index is 603. The van der Waals surface area contributed by atoms with Gasteiger partial charge in [0.25, 0.3) is 0 Å². The maximum atomic E-state index is 12.6. The van der Waals surface area contributed by atoms with Crippen LogP contribution in [0.5, 0.6) is 0 Å². The summed E-state index contributed by atoms with van der Waals surface area (Å²) < 4.78 is 37.8. The molecule has 0 spiro atoms. The fourth-order valence-corrected chi connectivity index (χ4v) is 4.36. The van der Waals surface area contributed by atoms with Gasteiger partial charge in [0.1, 0.15) is 0 Å². The van der Waals surface area contributed by atoms with Gasteiger partial charge in [-0.05, 0) is 24.1 Å². The first-order valence-corrected chi connectivity index (χ1v) is 10.0. The van der Waals surface area contributed by atoms with Gasteiger partial charge in [0.05, 0.1) is 5.56 Å². The van der Waals surface area contributed by atoms with Crippen LogP contribution in [-0.2, 0) is 17.5 Å². The van der Waals surface area contributed by atoms with E-state index >= 15 is 0 Å². The molecule has 144 valence electrons. The molecule has 8 heteroatoms. The molecule has 26 heavy (non-hydrogen) atoms. The van der Waals surface area contributed by atoms with Crippen molar-refractivity contribution in [2.45, 2.75) is 37.6 Å². The summed E-state index contributed by atoms with van der Waals surface area (Å²) in [4.78, 5) is 14.3. The second kappa shape index (κ2) is 8.63. The average Bonchev–Trinajstić information content (AvgIpc) is 3.02. The Morgan fingerprint density at radius 3 is 2.73 bits per heavy atom. The minimum absolute atomic E-state index is 0.0754. The molecule has 2 saturated heterocycles. The molecule has 2 atom stereocenters. The van der Waals surface area contributed by atoms with Gasteiger partial charge in [-0.15, -0.1) is 0 Å². The van der Waals surface area contributed by atoms with Crippen LogP contribution in [0.25, 0.3) is 0 Å². The molecule has 2 unspecified atom stereocenters. The maximum Gasteiger partial charge on any atom is 0.416 e. The van der Waals surface area contributed by atoms with Gasteiger partial charge in [0.15, 0.2) is 0 Å². The minimum Gasteiger partial charge on any atom is -0.352 e. The molecule has 3 rings (SSSR count). The number of hydrogen-bond donors (Lipinski definition) is 2. The zero-order chi connectivity index (χ0) is 18.6. The third-order valence-corrected chi connectivity index (χ3v) is 5.89. The van der Waals surface area contributed by atoms with Crippen LogP contribution in [0.2, 0.25) is 0 Å². The first kappa shape index (κ1) is 19.5. The first-order valence-electron chi connectivity index (χ1n) is 8.89. The Kier molecular flexibility index (Phi) is 6.47. The van der Waals surface area contributed by atoms with Crippen molar-refractivity contribution >= 4 is 17.7 Å². The summed E-state index contributed by atoms with van der Waals surface area (Å²) in [7, 11) is 0. The molecule has 0 aromatic heterocycles. The van der Waals surface area contributed by atoms with Crippen molar-refractivity contribution in [3.05, 3.63) is 35.4 Å². The Morgan fingerprint density at radius 2 is 2.08 bits per heavy atom. The van der Waals surface area contributed by atoms with Crippen LogP contribution in [0.4, 0.5) is 13.2 Å². The summed E-state index contributed by atoms with van der Waals surface area (Å²) in [6.07, 6.45) is -2.92. The van der Waals surface area contributed by atoms with Crippen molar-refractivity contribution in [1.29, 1.82) is 0 Å². The van der Waals surface area contributed by atoms with E-state index in [0.29, 0.717) is 13.0 Å². The van der Waals surface area contributed by atoms with E-state index in [-0.39, 0.29) is 18.0 Å². The van der Waals surface area contributed by atoms with Crippen LogP contribution in [0.3, 0.4) is 0 Å². The molecule has 2 aliphatic heterocycles. The van der Waals surface area contributed by atoms with Crippen LogP contribution in [-0.4, -0.2) is 54.0 Å². The summed E-state index contributed by atoms with van der Waals surface area (Å²) in [5, 5.41) is 6.45. The van der Waals surface area contributed by atoms with E-state index in [1.54, 1.807) is 0 Å². The number of alkyl halides is 3. The van der Waals surface area contributed by atoms with E-state index in [9.17, 15) is 18.0 Å². The fourth-order valence-electron chi connectivity index (χ4n) is 3.41. The van der Waals surface area contributed by atoms with Gasteiger partial charge in [0, 0.05) is 56.2 Å². The number of nitrogens with one attached hydrogen (secondary N) is 2. The standard InChI is InChI=1S/C18H24F3N3OS/c19-18(20,21)14-3-1-13(2-4-14)10-24-7-5-15(11-24)23-17(25)9-16-12-26-8-6-22-16/h1-4,15-16,22H,5-12H2,(H,23,25). The quantitative estimate of drug-likeness (QED) is 0.815. The van der Waals surface area contributed by atoms with E-state index in [0.717, 1.165) is 55.3 Å². The number of halogens is 3. The van der Waals surface area contributed by atoms with Crippen molar-refractivity contribution in [1.82, 2.24) is 15.5 Å². The van der Waals surface area contributed by atoms with Crippen molar-refractivity contribution in [3.63, 3.8) is 0 Å². The molecule has 0 radical (unpaired) electrons. The van der Waals surface area contributed by atoms with E-state index in [1.807, 2.05) is 11.8 Å². The zero-order valence-electron chi connectivity index (χ0n) is 14.5. The molecular weight excluding hydrogens is 363 g/mol. The number of likely N-dealkylation sites (tertiary alicyclic amines) is 1. The maximum absolute atomic E-state index is 12.6. The van der Waals surface area contributed by atoms with E-state index in [4.69, 9.17) is 0 Å². The summed E-state index contributed by atoms with van der Waals surface area (Å²) in [6.45, 7) is 3.13. The van der Waals surface area contributed by atoms with Gasteiger partial charge in [-0.1, -0.05) is 12.1 Å². The second-order valence-electron chi connectivity index (χ2n) is 6.91. The molecule has 2 N–H and O–H groups in total. The number of carbonyl (C=O) groups is 1.